The van der Waals surface area contributed by atoms with Crippen LogP contribution in [0, 0.1) is 34.0 Å². The van der Waals surface area contributed by atoms with Crippen LogP contribution in [0.4, 0.5) is 0 Å². The molecule has 2 saturated heterocycles. The van der Waals surface area contributed by atoms with Gasteiger partial charge in [-0.1, -0.05) is 26.8 Å². The Kier molecular flexibility index (Phi) is 3.87. The van der Waals surface area contributed by atoms with Crippen molar-refractivity contribution in [2.45, 2.75) is 76.7 Å². The highest BCUT2D eigenvalue weighted by Gasteiger charge is 2.87. The molecule has 6 fully saturated rings. The summed E-state index contributed by atoms with van der Waals surface area (Å²) in [6.07, 6.45) is -1.44. The predicted molar refractivity (Wildman–Crippen MR) is 101 cm³/mol. The molecule has 2 heterocycles. The molecule has 162 valence electrons. The van der Waals surface area contributed by atoms with E-state index in [0.29, 0.717) is 12.0 Å². The molecular weight excluding hydrogens is 376 g/mol. The van der Waals surface area contributed by atoms with Gasteiger partial charge in [0.2, 0.25) is 5.79 Å². The van der Waals surface area contributed by atoms with Gasteiger partial charge in [-0.05, 0) is 30.3 Å². The third kappa shape index (κ3) is 1.95. The molecule has 4 bridgehead atoms. The number of carbonyl (C=O) groups is 1. The van der Waals surface area contributed by atoms with Crippen LogP contribution in [-0.4, -0.2) is 63.2 Å². The SMILES string of the molecule is C=C1[C@@H](O)[C@]23[C@H](O)[C@H]1C[C@H](O)[C@H]2C12CCCC(C)(C)[C@H]1[C@H](OC(C)=O)C3(O)OC2. The fraction of sp³-hybridized carbons (Fsp3) is 0.864. The molecule has 0 radical (unpaired) electrons. The van der Waals surface area contributed by atoms with Crippen LogP contribution in [0.25, 0.3) is 0 Å². The standard InChI is InChI=1S/C22H32O7/c1-10-12-8-13(24)14-20-7-5-6-19(3,4)15(20)18(29-11(2)23)22(27,28-9-20)21(14,16(10)25)17(12)26/h12-18,24-27H,1,5-9H2,2-4H3/t12-,13-,14-,15+,16+,17+,18-,20?,21-,22?/m0/s1. The van der Waals surface area contributed by atoms with Crippen LogP contribution in [0.5, 0.6) is 0 Å². The van der Waals surface area contributed by atoms with Crippen LogP contribution in [0.15, 0.2) is 12.2 Å². The number of hydrogen-bond donors (Lipinski definition) is 4. The quantitative estimate of drug-likeness (QED) is 0.373. The molecule has 0 aromatic carbocycles. The summed E-state index contributed by atoms with van der Waals surface area (Å²) in [5.41, 5.74) is -2.06. The summed E-state index contributed by atoms with van der Waals surface area (Å²) in [5, 5.41) is 46.1. The molecule has 0 aromatic rings. The van der Waals surface area contributed by atoms with Gasteiger partial charge in [0.25, 0.3) is 0 Å². The van der Waals surface area contributed by atoms with Crippen molar-refractivity contribution in [3.05, 3.63) is 12.2 Å². The molecule has 7 nitrogen and oxygen atoms in total. The van der Waals surface area contributed by atoms with Crippen molar-refractivity contribution in [1.82, 2.24) is 0 Å². The molecule has 6 aliphatic rings. The Bertz CT molecular complexity index is 779. The molecule has 2 spiro atoms. The second-order valence-corrected chi connectivity index (χ2v) is 10.8. The zero-order chi connectivity index (χ0) is 21.1. The lowest BCUT2D eigenvalue weighted by molar-refractivity contribution is -0.474. The fourth-order valence-electron chi connectivity index (χ4n) is 8.57. The molecule has 29 heavy (non-hydrogen) atoms. The molecule has 4 aliphatic carbocycles. The Labute approximate surface area is 170 Å². The number of fused-ring (bicyclic) bond motifs is 2. The van der Waals surface area contributed by atoms with Crippen LogP contribution in [0.3, 0.4) is 0 Å². The number of carbonyl (C=O) groups excluding carboxylic acids is 1. The molecule has 10 atom stereocenters. The first-order chi connectivity index (χ1) is 13.4. The maximum atomic E-state index is 12.1. The van der Waals surface area contributed by atoms with Crippen molar-refractivity contribution in [1.29, 1.82) is 0 Å². The van der Waals surface area contributed by atoms with Crippen LogP contribution in [0.2, 0.25) is 0 Å². The van der Waals surface area contributed by atoms with Crippen molar-refractivity contribution < 1.29 is 34.7 Å². The lowest BCUT2D eigenvalue weighted by atomic mass is 9.35. The minimum absolute atomic E-state index is 0.204. The van der Waals surface area contributed by atoms with Crippen LogP contribution in [-0.2, 0) is 14.3 Å². The summed E-state index contributed by atoms with van der Waals surface area (Å²) in [5.74, 6) is -4.03. The van der Waals surface area contributed by atoms with Gasteiger partial charge in [0.15, 0.2) is 6.10 Å². The number of aliphatic hydroxyl groups excluding tert-OH is 3. The Morgan fingerprint density at radius 2 is 1.90 bits per heavy atom. The number of rotatable bonds is 1. The Morgan fingerprint density at radius 1 is 1.21 bits per heavy atom. The summed E-state index contributed by atoms with van der Waals surface area (Å²) >= 11 is 0. The van der Waals surface area contributed by atoms with Crippen molar-refractivity contribution in [2.24, 2.45) is 34.0 Å². The van der Waals surface area contributed by atoms with E-state index < -0.39 is 58.8 Å². The van der Waals surface area contributed by atoms with Gasteiger partial charge < -0.3 is 29.9 Å². The van der Waals surface area contributed by atoms with Crippen molar-refractivity contribution in [3.8, 4) is 0 Å². The summed E-state index contributed by atoms with van der Waals surface area (Å²) in [6, 6.07) is 0. The average Bonchev–Trinajstić information content (AvgIpc) is 2.73. The number of aliphatic hydroxyl groups is 4. The molecule has 2 aliphatic heterocycles. The van der Waals surface area contributed by atoms with E-state index >= 15 is 0 Å². The number of hydrogen-bond acceptors (Lipinski definition) is 7. The van der Waals surface area contributed by atoms with Gasteiger partial charge in [-0.3, -0.25) is 4.79 Å². The lowest BCUT2D eigenvalue weighted by Crippen LogP contribution is -2.86. The highest BCUT2D eigenvalue weighted by Crippen LogP contribution is 2.77. The lowest BCUT2D eigenvalue weighted by Gasteiger charge is -2.75. The van der Waals surface area contributed by atoms with E-state index in [9.17, 15) is 25.2 Å². The number of esters is 1. The molecule has 6 rings (SSSR count). The average molecular weight is 408 g/mol. The maximum absolute atomic E-state index is 12.1. The minimum atomic E-state index is -2.11. The van der Waals surface area contributed by atoms with E-state index in [1.54, 1.807) is 0 Å². The van der Waals surface area contributed by atoms with Gasteiger partial charge in [0, 0.05) is 30.1 Å². The van der Waals surface area contributed by atoms with Gasteiger partial charge in [-0.15, -0.1) is 0 Å². The van der Waals surface area contributed by atoms with Gasteiger partial charge in [0.05, 0.1) is 30.3 Å². The van der Waals surface area contributed by atoms with Crippen LogP contribution >= 0.6 is 0 Å². The molecule has 0 aromatic heterocycles. The maximum Gasteiger partial charge on any atom is 0.303 e. The number of ether oxygens (including phenoxy) is 2. The predicted octanol–water partition coefficient (Wildman–Crippen LogP) is 0.738. The molecule has 2 unspecified atom stereocenters. The van der Waals surface area contributed by atoms with Gasteiger partial charge >= 0.3 is 5.97 Å². The van der Waals surface area contributed by atoms with E-state index in [-0.39, 0.29) is 17.9 Å². The van der Waals surface area contributed by atoms with Crippen molar-refractivity contribution >= 4 is 5.97 Å². The first-order valence-corrected chi connectivity index (χ1v) is 10.7. The van der Waals surface area contributed by atoms with E-state index in [2.05, 4.69) is 20.4 Å². The molecular formula is C22H32O7. The highest BCUT2D eigenvalue weighted by molar-refractivity contribution is 5.66. The third-order valence-corrected chi connectivity index (χ3v) is 9.25. The largest absolute Gasteiger partial charge is 0.456 e. The Morgan fingerprint density at radius 3 is 2.55 bits per heavy atom. The second-order valence-electron chi connectivity index (χ2n) is 10.8. The van der Waals surface area contributed by atoms with E-state index in [4.69, 9.17) is 9.47 Å². The van der Waals surface area contributed by atoms with Crippen molar-refractivity contribution in [2.75, 3.05) is 6.61 Å². The third-order valence-electron chi connectivity index (χ3n) is 9.25. The molecule has 7 heteroatoms. The Balaban J connectivity index is 1.81. The smallest absolute Gasteiger partial charge is 0.303 e. The van der Waals surface area contributed by atoms with Gasteiger partial charge in [-0.25, -0.2) is 0 Å². The molecule has 0 amide bonds. The Hall–Kier alpha value is -0.990. The normalized spacial score (nSPS) is 57.2. The first kappa shape index (κ1) is 19.9. The highest BCUT2D eigenvalue weighted by atomic mass is 16.7. The van der Waals surface area contributed by atoms with Crippen molar-refractivity contribution in [3.63, 3.8) is 0 Å². The summed E-state index contributed by atoms with van der Waals surface area (Å²) < 4.78 is 11.8. The zero-order valence-corrected chi connectivity index (χ0v) is 17.3. The second kappa shape index (κ2) is 5.62. The molecule has 4 saturated carbocycles. The summed E-state index contributed by atoms with van der Waals surface area (Å²) in [7, 11) is 0. The topological polar surface area (TPSA) is 116 Å². The summed E-state index contributed by atoms with van der Waals surface area (Å²) in [4.78, 5) is 12.1. The van der Waals surface area contributed by atoms with E-state index in [0.717, 1.165) is 19.3 Å². The monoisotopic (exact) mass is 408 g/mol. The first-order valence-electron chi connectivity index (χ1n) is 10.7. The minimum Gasteiger partial charge on any atom is -0.456 e. The van der Waals surface area contributed by atoms with Gasteiger partial charge in [-0.2, -0.15) is 0 Å². The van der Waals surface area contributed by atoms with Gasteiger partial charge in [0.1, 0.15) is 0 Å². The van der Waals surface area contributed by atoms with E-state index in [1.165, 1.54) is 6.92 Å². The van der Waals surface area contributed by atoms with Crippen LogP contribution < -0.4 is 0 Å². The molecule has 4 N–H and O–H groups in total. The van der Waals surface area contributed by atoms with Crippen LogP contribution in [0.1, 0.15) is 46.5 Å². The zero-order valence-electron chi connectivity index (χ0n) is 17.3. The fourth-order valence-corrected chi connectivity index (χ4v) is 8.57. The summed E-state index contributed by atoms with van der Waals surface area (Å²) in [6.45, 7) is 9.68. The van der Waals surface area contributed by atoms with E-state index in [1.807, 2.05) is 0 Å².